The summed E-state index contributed by atoms with van der Waals surface area (Å²) in [4.78, 5) is 8.50. The van der Waals surface area contributed by atoms with Crippen LogP contribution in [0.15, 0.2) is 35.4 Å². The van der Waals surface area contributed by atoms with Gasteiger partial charge < -0.3 is 15.6 Å². The van der Waals surface area contributed by atoms with Crippen molar-refractivity contribution in [3.8, 4) is 22.6 Å². The third-order valence-corrected chi connectivity index (χ3v) is 4.12. The smallest absolute Gasteiger partial charge is 0.220 e. The first-order valence-corrected chi connectivity index (χ1v) is 7.15. The summed E-state index contributed by atoms with van der Waals surface area (Å²) in [6.07, 6.45) is 1.63. The van der Waals surface area contributed by atoms with Crippen molar-refractivity contribution < 1.29 is 9.84 Å². The van der Waals surface area contributed by atoms with Crippen molar-refractivity contribution in [2.45, 2.75) is 4.90 Å². The highest BCUT2D eigenvalue weighted by Gasteiger charge is 2.17. The minimum atomic E-state index is -0.00626. The summed E-state index contributed by atoms with van der Waals surface area (Å²) in [6, 6.07) is 6.92. The van der Waals surface area contributed by atoms with Crippen LogP contribution in [0.2, 0.25) is 5.02 Å². The van der Waals surface area contributed by atoms with E-state index < -0.39 is 0 Å². The van der Waals surface area contributed by atoms with Crippen LogP contribution in [0, 0.1) is 0 Å². The molecule has 3 N–H and O–H groups in total. The Morgan fingerprint density at radius 1 is 1.32 bits per heavy atom. The van der Waals surface area contributed by atoms with Crippen LogP contribution in [-0.4, -0.2) is 22.2 Å². The summed E-state index contributed by atoms with van der Waals surface area (Å²) >= 11 is 10.7. The number of nitrogens with two attached hydrogens (primary N) is 1. The number of ether oxygens (including phenoxy) is 1. The molecule has 3 rings (SSSR count). The maximum atomic E-state index is 9.99. The first-order chi connectivity index (χ1) is 10.5. The minimum absolute atomic E-state index is 0.00626. The number of hydrogen-bond donors (Lipinski definition) is 3. The molecule has 0 bridgehead atoms. The Balaban J connectivity index is 2.27. The molecule has 0 fully saturated rings. The van der Waals surface area contributed by atoms with Gasteiger partial charge >= 0.3 is 0 Å². The first kappa shape index (κ1) is 14.7. The molecule has 22 heavy (non-hydrogen) atoms. The number of phenols is 1. The molecule has 0 amide bonds. The zero-order chi connectivity index (χ0) is 15.9. The lowest BCUT2D eigenvalue weighted by Crippen LogP contribution is -1.94. The number of benzene rings is 2. The Labute approximate surface area is 137 Å². The number of aromatic nitrogens is 2. The van der Waals surface area contributed by atoms with Gasteiger partial charge in [0.05, 0.1) is 22.5 Å². The van der Waals surface area contributed by atoms with Gasteiger partial charge in [0, 0.05) is 23.2 Å². The van der Waals surface area contributed by atoms with Crippen molar-refractivity contribution in [2.24, 2.45) is 0 Å². The Kier molecular flexibility index (Phi) is 3.72. The lowest BCUT2D eigenvalue weighted by molar-refractivity contribution is 0.405. The van der Waals surface area contributed by atoms with Crippen LogP contribution in [0.25, 0.3) is 22.0 Å². The summed E-state index contributed by atoms with van der Waals surface area (Å²) < 4.78 is 5.18. The van der Waals surface area contributed by atoms with E-state index in [-0.39, 0.29) is 11.7 Å². The van der Waals surface area contributed by atoms with Crippen LogP contribution in [0.4, 0.5) is 5.95 Å². The number of aromatic hydroxyl groups is 1. The lowest BCUT2D eigenvalue weighted by atomic mass is 10.0. The van der Waals surface area contributed by atoms with Crippen molar-refractivity contribution in [2.75, 3.05) is 12.8 Å². The van der Waals surface area contributed by atoms with E-state index in [1.807, 2.05) is 18.2 Å². The Morgan fingerprint density at radius 2 is 2.09 bits per heavy atom. The first-order valence-electron chi connectivity index (χ1n) is 6.32. The third kappa shape index (κ3) is 2.40. The van der Waals surface area contributed by atoms with Crippen LogP contribution in [0.1, 0.15) is 0 Å². The molecule has 3 aromatic rings. The van der Waals surface area contributed by atoms with Gasteiger partial charge in [0.15, 0.2) is 0 Å². The summed E-state index contributed by atoms with van der Waals surface area (Å²) in [5.74, 6) is 0.584. The van der Waals surface area contributed by atoms with Gasteiger partial charge in [0.2, 0.25) is 5.95 Å². The quantitative estimate of drug-likeness (QED) is 0.625. The number of nitrogens with zero attached hydrogens (tertiary/aromatic N) is 2. The molecular formula is C15H12ClN3O2S. The molecule has 0 aliphatic heterocycles. The maximum Gasteiger partial charge on any atom is 0.220 e. The number of anilines is 1. The van der Waals surface area contributed by atoms with Crippen molar-refractivity contribution in [1.29, 1.82) is 0 Å². The normalized spacial score (nSPS) is 10.9. The third-order valence-electron chi connectivity index (χ3n) is 3.29. The van der Waals surface area contributed by atoms with E-state index in [4.69, 9.17) is 22.1 Å². The van der Waals surface area contributed by atoms with Gasteiger partial charge in [-0.15, -0.1) is 12.6 Å². The number of phenolic OH excluding ortho intramolecular Hbond substituents is 1. The second-order valence-electron chi connectivity index (χ2n) is 4.64. The minimum Gasteiger partial charge on any atom is -0.507 e. The monoisotopic (exact) mass is 333 g/mol. The van der Waals surface area contributed by atoms with Crippen molar-refractivity contribution in [1.82, 2.24) is 9.97 Å². The summed E-state index contributed by atoms with van der Waals surface area (Å²) in [6.45, 7) is 0. The molecule has 0 unspecified atom stereocenters. The number of hydrogen-bond acceptors (Lipinski definition) is 6. The predicted molar refractivity (Wildman–Crippen MR) is 89.9 cm³/mol. The molecule has 2 aromatic carbocycles. The molecule has 1 heterocycles. The van der Waals surface area contributed by atoms with Gasteiger partial charge in [-0.25, -0.2) is 9.97 Å². The average Bonchev–Trinajstić information content (AvgIpc) is 2.51. The fraction of sp³-hybridized carbons (Fsp3) is 0.0667. The van der Waals surface area contributed by atoms with E-state index in [2.05, 4.69) is 22.6 Å². The fourth-order valence-electron chi connectivity index (χ4n) is 2.23. The number of rotatable bonds is 2. The molecule has 0 spiro atoms. The Hall–Kier alpha value is -2.18. The second kappa shape index (κ2) is 5.55. The van der Waals surface area contributed by atoms with Crippen LogP contribution < -0.4 is 10.5 Å². The molecule has 0 radical (unpaired) electrons. The number of halogens is 1. The number of nitrogen functional groups attached to an aromatic ring is 1. The highest BCUT2D eigenvalue weighted by atomic mass is 35.5. The average molecular weight is 334 g/mol. The van der Waals surface area contributed by atoms with Gasteiger partial charge in [-0.2, -0.15) is 0 Å². The largest absolute Gasteiger partial charge is 0.507 e. The zero-order valence-electron chi connectivity index (χ0n) is 11.5. The lowest BCUT2D eigenvalue weighted by Gasteiger charge is -2.14. The summed E-state index contributed by atoms with van der Waals surface area (Å²) in [7, 11) is 1.49. The SMILES string of the molecule is COc1cc(O)c(S)c(-c2ccc3nc(N)ncc3c2)c1Cl. The summed E-state index contributed by atoms with van der Waals surface area (Å²) in [5, 5.41) is 11.2. The highest BCUT2D eigenvalue weighted by molar-refractivity contribution is 7.80. The molecular weight excluding hydrogens is 322 g/mol. The standard InChI is InChI=1S/C15H12ClN3O2S/c1-21-11-5-10(20)14(22)12(13(11)16)7-2-3-9-8(4-7)6-18-15(17)19-9/h2-6,20,22H,1H3,(H2,17,18,19). The Bertz CT molecular complexity index is 886. The van der Waals surface area contributed by atoms with Gasteiger partial charge in [0.25, 0.3) is 0 Å². The molecule has 0 aliphatic carbocycles. The van der Waals surface area contributed by atoms with E-state index in [1.54, 1.807) is 6.20 Å². The van der Waals surface area contributed by atoms with E-state index in [0.29, 0.717) is 21.2 Å². The topological polar surface area (TPSA) is 81.3 Å². The van der Waals surface area contributed by atoms with Crippen LogP contribution in [0.3, 0.4) is 0 Å². The maximum absolute atomic E-state index is 9.99. The summed E-state index contributed by atoms with van der Waals surface area (Å²) in [5.41, 5.74) is 7.65. The van der Waals surface area contributed by atoms with Gasteiger partial charge in [-0.05, 0) is 17.7 Å². The van der Waals surface area contributed by atoms with E-state index in [0.717, 1.165) is 16.5 Å². The molecule has 1 aromatic heterocycles. The Morgan fingerprint density at radius 3 is 2.82 bits per heavy atom. The molecule has 0 saturated carbocycles. The number of thiol groups is 1. The molecule has 0 aliphatic rings. The van der Waals surface area contributed by atoms with Crippen molar-refractivity contribution in [3.63, 3.8) is 0 Å². The molecule has 5 nitrogen and oxygen atoms in total. The highest BCUT2D eigenvalue weighted by Crippen LogP contribution is 2.44. The molecule has 7 heteroatoms. The van der Waals surface area contributed by atoms with Crippen LogP contribution in [0.5, 0.6) is 11.5 Å². The zero-order valence-corrected chi connectivity index (χ0v) is 13.2. The van der Waals surface area contributed by atoms with Crippen molar-refractivity contribution in [3.05, 3.63) is 35.5 Å². The van der Waals surface area contributed by atoms with Crippen LogP contribution >= 0.6 is 24.2 Å². The molecule has 0 saturated heterocycles. The van der Waals surface area contributed by atoms with Gasteiger partial charge in [-0.1, -0.05) is 17.7 Å². The van der Waals surface area contributed by atoms with Gasteiger partial charge in [0.1, 0.15) is 11.5 Å². The number of fused-ring (bicyclic) bond motifs is 1. The fourth-order valence-corrected chi connectivity index (χ4v) is 2.93. The molecule has 0 atom stereocenters. The predicted octanol–water partition coefficient (Wildman–Crippen LogP) is 3.54. The second-order valence-corrected chi connectivity index (χ2v) is 5.46. The van der Waals surface area contributed by atoms with E-state index >= 15 is 0 Å². The molecule has 112 valence electrons. The van der Waals surface area contributed by atoms with Crippen LogP contribution in [-0.2, 0) is 0 Å². The van der Waals surface area contributed by atoms with Crippen molar-refractivity contribution >= 4 is 41.1 Å². The van der Waals surface area contributed by atoms with Gasteiger partial charge in [-0.3, -0.25) is 0 Å². The van der Waals surface area contributed by atoms with E-state index in [9.17, 15) is 5.11 Å². The van der Waals surface area contributed by atoms with E-state index in [1.165, 1.54) is 13.2 Å². The number of methoxy groups -OCH3 is 1.